The number of aromatic nitrogens is 2. The molecular formula is C17H22N4O2S. The number of hydrogen-bond donors (Lipinski definition) is 1. The average Bonchev–Trinajstić information content (AvgIpc) is 3.16. The highest BCUT2D eigenvalue weighted by atomic mass is 32.1. The van der Waals surface area contributed by atoms with Gasteiger partial charge in [0.15, 0.2) is 5.69 Å². The van der Waals surface area contributed by atoms with E-state index in [2.05, 4.69) is 31.1 Å². The van der Waals surface area contributed by atoms with Gasteiger partial charge in [0.2, 0.25) is 0 Å². The summed E-state index contributed by atoms with van der Waals surface area (Å²) in [4.78, 5) is 14.3. The maximum atomic E-state index is 11.9. The zero-order valence-corrected chi connectivity index (χ0v) is 14.6. The van der Waals surface area contributed by atoms with Crippen LogP contribution in [-0.2, 0) is 6.54 Å². The van der Waals surface area contributed by atoms with E-state index in [-0.39, 0.29) is 5.91 Å². The molecule has 128 valence electrons. The Labute approximate surface area is 146 Å². The van der Waals surface area contributed by atoms with Crippen molar-refractivity contribution in [2.45, 2.75) is 19.4 Å². The number of piperidine rings is 1. The van der Waals surface area contributed by atoms with Gasteiger partial charge in [0.1, 0.15) is 5.75 Å². The van der Waals surface area contributed by atoms with Crippen molar-refractivity contribution in [1.29, 1.82) is 0 Å². The van der Waals surface area contributed by atoms with Crippen molar-refractivity contribution in [3.63, 3.8) is 0 Å². The zero-order valence-electron chi connectivity index (χ0n) is 13.8. The van der Waals surface area contributed by atoms with Crippen LogP contribution in [0.2, 0.25) is 0 Å². The maximum absolute atomic E-state index is 11.9. The fourth-order valence-electron chi connectivity index (χ4n) is 2.93. The van der Waals surface area contributed by atoms with Gasteiger partial charge in [-0.05, 0) is 49.5 Å². The van der Waals surface area contributed by atoms with Gasteiger partial charge in [-0.25, -0.2) is 0 Å². The smallest absolute Gasteiger partial charge is 0.272 e. The fraction of sp³-hybridized carbons (Fsp3) is 0.471. The standard InChI is InChI=1S/C17H22N4O2S/c1-23-15-4-2-14(3-5-15)12-21-8-6-13(7-9-21)10-18-17(22)16-11-19-24-20-16/h2-5,11,13H,6-10,12H2,1H3,(H,18,22). The summed E-state index contributed by atoms with van der Waals surface area (Å²) in [7, 11) is 1.68. The third-order valence-electron chi connectivity index (χ3n) is 4.42. The molecule has 6 nitrogen and oxygen atoms in total. The van der Waals surface area contributed by atoms with Gasteiger partial charge in [-0.3, -0.25) is 9.69 Å². The Balaban J connectivity index is 1.39. The normalized spacial score (nSPS) is 16.0. The summed E-state index contributed by atoms with van der Waals surface area (Å²) in [6.07, 6.45) is 3.72. The Bertz CT molecular complexity index is 637. The average molecular weight is 346 g/mol. The quantitative estimate of drug-likeness (QED) is 0.868. The summed E-state index contributed by atoms with van der Waals surface area (Å²) >= 11 is 1.06. The monoisotopic (exact) mass is 346 g/mol. The number of ether oxygens (including phenoxy) is 1. The molecule has 1 aliphatic heterocycles. The number of methoxy groups -OCH3 is 1. The minimum atomic E-state index is -0.121. The van der Waals surface area contributed by atoms with Gasteiger partial charge in [-0.1, -0.05) is 12.1 Å². The Morgan fingerprint density at radius 1 is 1.33 bits per heavy atom. The van der Waals surface area contributed by atoms with E-state index in [1.807, 2.05) is 12.1 Å². The van der Waals surface area contributed by atoms with Crippen LogP contribution in [0.25, 0.3) is 0 Å². The summed E-state index contributed by atoms with van der Waals surface area (Å²) in [6, 6.07) is 8.25. The lowest BCUT2D eigenvalue weighted by atomic mass is 9.96. The highest BCUT2D eigenvalue weighted by molar-refractivity contribution is 6.99. The predicted octanol–water partition coefficient (Wildman–Crippen LogP) is 2.19. The van der Waals surface area contributed by atoms with Crippen molar-refractivity contribution < 1.29 is 9.53 Å². The number of rotatable bonds is 6. The lowest BCUT2D eigenvalue weighted by molar-refractivity contribution is 0.0931. The number of hydrogen-bond acceptors (Lipinski definition) is 6. The molecule has 0 saturated carbocycles. The van der Waals surface area contributed by atoms with Gasteiger partial charge in [-0.2, -0.15) is 8.75 Å². The number of likely N-dealkylation sites (tertiary alicyclic amines) is 1. The molecule has 0 radical (unpaired) electrons. The van der Waals surface area contributed by atoms with Crippen molar-refractivity contribution in [3.05, 3.63) is 41.7 Å². The van der Waals surface area contributed by atoms with Gasteiger partial charge in [0, 0.05) is 13.1 Å². The molecule has 1 amide bonds. The number of nitrogens with zero attached hydrogens (tertiary/aromatic N) is 3. The molecule has 1 saturated heterocycles. The molecule has 0 spiro atoms. The van der Waals surface area contributed by atoms with E-state index < -0.39 is 0 Å². The minimum Gasteiger partial charge on any atom is -0.497 e. The first-order chi connectivity index (χ1) is 11.7. The second kappa shape index (κ2) is 8.21. The summed E-state index contributed by atoms with van der Waals surface area (Å²) in [6.45, 7) is 3.80. The van der Waals surface area contributed by atoms with Crippen molar-refractivity contribution in [2.75, 3.05) is 26.7 Å². The molecule has 1 aliphatic rings. The first kappa shape index (κ1) is 16.9. The van der Waals surface area contributed by atoms with Crippen LogP contribution in [-0.4, -0.2) is 46.3 Å². The van der Waals surface area contributed by atoms with E-state index in [4.69, 9.17) is 4.74 Å². The number of carbonyl (C=O) groups is 1. The van der Waals surface area contributed by atoms with Gasteiger partial charge in [-0.15, -0.1) is 0 Å². The topological polar surface area (TPSA) is 67.3 Å². The van der Waals surface area contributed by atoms with E-state index in [1.165, 1.54) is 11.8 Å². The van der Waals surface area contributed by atoms with Gasteiger partial charge in [0.05, 0.1) is 25.0 Å². The molecular weight excluding hydrogens is 324 g/mol. The first-order valence-corrected chi connectivity index (χ1v) is 8.88. The summed E-state index contributed by atoms with van der Waals surface area (Å²) < 4.78 is 13.0. The largest absolute Gasteiger partial charge is 0.497 e. The Hall–Kier alpha value is -1.99. The molecule has 3 rings (SSSR count). The molecule has 0 unspecified atom stereocenters. The van der Waals surface area contributed by atoms with Crippen LogP contribution >= 0.6 is 11.7 Å². The zero-order chi connectivity index (χ0) is 16.8. The van der Waals surface area contributed by atoms with Gasteiger partial charge >= 0.3 is 0 Å². The predicted molar refractivity (Wildman–Crippen MR) is 93.2 cm³/mol. The Morgan fingerprint density at radius 2 is 2.08 bits per heavy atom. The molecule has 1 aromatic heterocycles. The van der Waals surface area contributed by atoms with E-state index in [0.717, 1.165) is 50.0 Å². The third-order valence-corrected chi connectivity index (χ3v) is 4.90. The molecule has 0 aliphatic carbocycles. The molecule has 7 heteroatoms. The summed E-state index contributed by atoms with van der Waals surface area (Å²) in [5.41, 5.74) is 1.72. The fourth-order valence-corrected chi connectivity index (χ4v) is 3.34. The van der Waals surface area contributed by atoms with Gasteiger partial charge < -0.3 is 10.1 Å². The lowest BCUT2D eigenvalue weighted by Crippen LogP contribution is -2.38. The first-order valence-electron chi connectivity index (χ1n) is 8.15. The maximum Gasteiger partial charge on any atom is 0.272 e. The third kappa shape index (κ3) is 4.52. The van der Waals surface area contributed by atoms with E-state index in [1.54, 1.807) is 7.11 Å². The molecule has 2 aromatic rings. The van der Waals surface area contributed by atoms with Crippen LogP contribution in [0, 0.1) is 5.92 Å². The SMILES string of the molecule is COc1ccc(CN2CCC(CNC(=O)c3cnsn3)CC2)cc1. The van der Waals surface area contributed by atoms with Crippen molar-refractivity contribution in [1.82, 2.24) is 19.0 Å². The molecule has 0 bridgehead atoms. The lowest BCUT2D eigenvalue weighted by Gasteiger charge is -2.32. The highest BCUT2D eigenvalue weighted by Crippen LogP contribution is 2.19. The molecule has 1 N–H and O–H groups in total. The molecule has 2 heterocycles. The van der Waals surface area contributed by atoms with Crippen molar-refractivity contribution >= 4 is 17.6 Å². The van der Waals surface area contributed by atoms with Gasteiger partial charge in [0.25, 0.3) is 5.91 Å². The second-order valence-electron chi connectivity index (χ2n) is 6.07. The molecule has 1 aromatic carbocycles. The molecule has 1 fully saturated rings. The van der Waals surface area contributed by atoms with Crippen LogP contribution in [0.15, 0.2) is 30.5 Å². The molecule has 0 atom stereocenters. The Kier molecular flexibility index (Phi) is 5.77. The molecule has 24 heavy (non-hydrogen) atoms. The minimum absolute atomic E-state index is 0.121. The van der Waals surface area contributed by atoms with E-state index in [9.17, 15) is 4.79 Å². The van der Waals surface area contributed by atoms with Crippen LogP contribution in [0.4, 0.5) is 0 Å². The van der Waals surface area contributed by atoms with Crippen LogP contribution in [0.3, 0.4) is 0 Å². The van der Waals surface area contributed by atoms with Crippen molar-refractivity contribution in [2.24, 2.45) is 5.92 Å². The Morgan fingerprint density at radius 3 is 2.71 bits per heavy atom. The number of benzene rings is 1. The van der Waals surface area contributed by atoms with Crippen molar-refractivity contribution in [3.8, 4) is 5.75 Å². The van der Waals surface area contributed by atoms with Crippen LogP contribution in [0.5, 0.6) is 5.75 Å². The second-order valence-corrected chi connectivity index (χ2v) is 6.63. The van der Waals surface area contributed by atoms with E-state index >= 15 is 0 Å². The van der Waals surface area contributed by atoms with Crippen LogP contribution in [0.1, 0.15) is 28.9 Å². The number of nitrogens with one attached hydrogen (secondary N) is 1. The summed E-state index contributed by atoms with van der Waals surface area (Å²) in [5, 5.41) is 2.96. The number of amides is 1. The van der Waals surface area contributed by atoms with Crippen LogP contribution < -0.4 is 10.1 Å². The summed E-state index contributed by atoms with van der Waals surface area (Å²) in [5.74, 6) is 1.31. The number of carbonyl (C=O) groups excluding carboxylic acids is 1. The highest BCUT2D eigenvalue weighted by Gasteiger charge is 2.20. The van der Waals surface area contributed by atoms with E-state index in [0.29, 0.717) is 18.2 Å².